The van der Waals surface area contributed by atoms with Crippen LogP contribution in [0.25, 0.3) is 0 Å². The molecule has 0 aliphatic carbocycles. The molecule has 82 valence electrons. The van der Waals surface area contributed by atoms with Crippen molar-refractivity contribution in [2.75, 3.05) is 5.32 Å². The lowest BCUT2D eigenvalue weighted by molar-refractivity contribution is 0.971. The second-order valence-electron chi connectivity index (χ2n) is 3.27. The summed E-state index contributed by atoms with van der Waals surface area (Å²) >= 11 is 3.21. The molecule has 16 heavy (non-hydrogen) atoms. The van der Waals surface area contributed by atoms with Crippen molar-refractivity contribution in [3.05, 3.63) is 56.9 Å². The van der Waals surface area contributed by atoms with Gasteiger partial charge in [0, 0.05) is 6.54 Å². The van der Waals surface area contributed by atoms with Gasteiger partial charge in [-0.25, -0.2) is 5.10 Å². The van der Waals surface area contributed by atoms with Crippen LogP contribution >= 0.6 is 15.9 Å². The molecule has 2 aromatic rings. The van der Waals surface area contributed by atoms with Crippen LogP contribution in [-0.2, 0) is 6.54 Å². The lowest BCUT2D eigenvalue weighted by Gasteiger charge is -2.06. The molecule has 1 heterocycles. The van der Waals surface area contributed by atoms with Crippen LogP contribution in [0.15, 0.2) is 45.8 Å². The minimum atomic E-state index is -0.238. The second-order valence-corrected chi connectivity index (χ2v) is 4.06. The smallest absolute Gasteiger partial charge is 0.280 e. The van der Waals surface area contributed by atoms with Gasteiger partial charge >= 0.3 is 0 Å². The van der Waals surface area contributed by atoms with Gasteiger partial charge in [0.15, 0.2) is 0 Å². The highest BCUT2D eigenvalue weighted by atomic mass is 79.9. The standard InChI is InChI=1S/C11H10BrN3O/c12-10-9(7-14-15-11(10)16)13-6-8-4-2-1-3-5-8/h1-5,7H,6H2,(H2,13,15,16). The summed E-state index contributed by atoms with van der Waals surface area (Å²) in [5.41, 5.74) is 1.60. The predicted octanol–water partition coefficient (Wildman–Crippen LogP) is 2.14. The molecule has 0 bridgehead atoms. The van der Waals surface area contributed by atoms with E-state index in [9.17, 15) is 4.79 Å². The highest BCUT2D eigenvalue weighted by Crippen LogP contribution is 2.16. The summed E-state index contributed by atoms with van der Waals surface area (Å²) in [4.78, 5) is 11.2. The molecule has 0 amide bonds. The quantitative estimate of drug-likeness (QED) is 0.905. The van der Waals surface area contributed by atoms with Gasteiger partial charge in [0.1, 0.15) is 4.47 Å². The Bertz CT molecular complexity index is 524. The summed E-state index contributed by atoms with van der Waals surface area (Å²) in [5.74, 6) is 0. The van der Waals surface area contributed by atoms with E-state index >= 15 is 0 Å². The molecule has 0 atom stereocenters. The average molecular weight is 280 g/mol. The Hall–Kier alpha value is -1.62. The molecule has 0 saturated carbocycles. The highest BCUT2D eigenvalue weighted by Gasteiger charge is 2.03. The maximum atomic E-state index is 11.2. The van der Waals surface area contributed by atoms with Crippen LogP contribution in [0.3, 0.4) is 0 Å². The normalized spacial score (nSPS) is 10.1. The van der Waals surface area contributed by atoms with Crippen molar-refractivity contribution in [3.8, 4) is 0 Å². The van der Waals surface area contributed by atoms with E-state index in [0.717, 1.165) is 5.56 Å². The van der Waals surface area contributed by atoms with Crippen molar-refractivity contribution >= 4 is 21.6 Å². The SMILES string of the molecule is O=c1[nH]ncc(NCc2ccccc2)c1Br. The van der Waals surface area contributed by atoms with Crippen LogP contribution in [0.4, 0.5) is 5.69 Å². The van der Waals surface area contributed by atoms with Crippen molar-refractivity contribution in [2.24, 2.45) is 0 Å². The first-order valence-electron chi connectivity index (χ1n) is 4.78. The Morgan fingerprint density at radius 1 is 1.31 bits per heavy atom. The fraction of sp³-hybridized carbons (Fsp3) is 0.0909. The topological polar surface area (TPSA) is 57.8 Å². The third-order valence-corrected chi connectivity index (χ3v) is 2.91. The van der Waals surface area contributed by atoms with E-state index in [0.29, 0.717) is 16.7 Å². The Morgan fingerprint density at radius 2 is 2.06 bits per heavy atom. The molecule has 2 rings (SSSR count). The fourth-order valence-electron chi connectivity index (χ4n) is 1.30. The molecular weight excluding hydrogens is 270 g/mol. The maximum Gasteiger partial charge on any atom is 0.280 e. The van der Waals surface area contributed by atoms with Gasteiger partial charge in [-0.1, -0.05) is 30.3 Å². The molecule has 0 aliphatic rings. The van der Waals surface area contributed by atoms with Crippen LogP contribution in [0.5, 0.6) is 0 Å². The van der Waals surface area contributed by atoms with Crippen LogP contribution in [0, 0.1) is 0 Å². The molecule has 0 fully saturated rings. The number of rotatable bonds is 3. The highest BCUT2D eigenvalue weighted by molar-refractivity contribution is 9.10. The van der Waals surface area contributed by atoms with E-state index in [2.05, 4.69) is 31.4 Å². The zero-order chi connectivity index (χ0) is 11.4. The number of aromatic nitrogens is 2. The van der Waals surface area contributed by atoms with Crippen molar-refractivity contribution in [1.29, 1.82) is 0 Å². The summed E-state index contributed by atoms with van der Waals surface area (Å²) in [7, 11) is 0. The molecule has 0 radical (unpaired) electrons. The zero-order valence-electron chi connectivity index (χ0n) is 8.40. The Labute approximate surface area is 101 Å². The molecule has 1 aromatic heterocycles. The van der Waals surface area contributed by atoms with E-state index in [1.165, 1.54) is 0 Å². The maximum absolute atomic E-state index is 11.2. The Kier molecular flexibility index (Phi) is 3.36. The van der Waals surface area contributed by atoms with Gasteiger partial charge < -0.3 is 5.32 Å². The van der Waals surface area contributed by atoms with Gasteiger partial charge in [-0.2, -0.15) is 5.10 Å². The first-order chi connectivity index (χ1) is 7.77. The molecule has 0 spiro atoms. The molecule has 5 heteroatoms. The molecular formula is C11H10BrN3O. The summed E-state index contributed by atoms with van der Waals surface area (Å²) in [6, 6.07) is 9.95. The number of aromatic amines is 1. The minimum Gasteiger partial charge on any atom is -0.379 e. The predicted molar refractivity (Wildman–Crippen MR) is 66.3 cm³/mol. The first kappa shape index (κ1) is 10.9. The molecule has 2 N–H and O–H groups in total. The van der Waals surface area contributed by atoms with Crippen molar-refractivity contribution in [1.82, 2.24) is 10.2 Å². The average Bonchev–Trinajstić information content (AvgIpc) is 2.32. The van der Waals surface area contributed by atoms with Gasteiger partial charge in [-0.05, 0) is 21.5 Å². The molecule has 0 aliphatic heterocycles. The van der Waals surface area contributed by atoms with Gasteiger partial charge in [-0.3, -0.25) is 4.79 Å². The van der Waals surface area contributed by atoms with E-state index in [4.69, 9.17) is 0 Å². The van der Waals surface area contributed by atoms with E-state index in [-0.39, 0.29) is 5.56 Å². The number of hydrogen-bond acceptors (Lipinski definition) is 3. The summed E-state index contributed by atoms with van der Waals surface area (Å²) in [6.07, 6.45) is 1.58. The number of anilines is 1. The van der Waals surface area contributed by atoms with Crippen LogP contribution < -0.4 is 10.9 Å². The van der Waals surface area contributed by atoms with Crippen LogP contribution in [0.1, 0.15) is 5.56 Å². The summed E-state index contributed by atoms with van der Waals surface area (Å²) in [6.45, 7) is 0.657. The van der Waals surface area contributed by atoms with E-state index in [1.807, 2.05) is 30.3 Å². The van der Waals surface area contributed by atoms with Gasteiger partial charge in [0.25, 0.3) is 5.56 Å². The number of nitrogens with one attached hydrogen (secondary N) is 2. The molecule has 0 unspecified atom stereocenters. The zero-order valence-corrected chi connectivity index (χ0v) is 9.99. The van der Waals surface area contributed by atoms with Crippen LogP contribution in [0.2, 0.25) is 0 Å². The number of H-pyrrole nitrogens is 1. The Balaban J connectivity index is 2.11. The number of nitrogens with zero attached hydrogens (tertiary/aromatic N) is 1. The minimum absolute atomic E-state index is 0.238. The van der Waals surface area contributed by atoms with Crippen LogP contribution in [-0.4, -0.2) is 10.2 Å². The lowest BCUT2D eigenvalue weighted by atomic mass is 10.2. The monoisotopic (exact) mass is 279 g/mol. The van der Waals surface area contributed by atoms with Gasteiger partial charge in [0.2, 0.25) is 0 Å². The number of hydrogen-bond donors (Lipinski definition) is 2. The number of benzene rings is 1. The van der Waals surface area contributed by atoms with Gasteiger partial charge in [0.05, 0.1) is 11.9 Å². The summed E-state index contributed by atoms with van der Waals surface area (Å²) in [5, 5.41) is 9.21. The van der Waals surface area contributed by atoms with Crippen molar-refractivity contribution in [2.45, 2.75) is 6.54 Å². The largest absolute Gasteiger partial charge is 0.379 e. The third kappa shape index (κ3) is 2.49. The number of halogens is 1. The van der Waals surface area contributed by atoms with Crippen molar-refractivity contribution in [3.63, 3.8) is 0 Å². The molecule has 0 saturated heterocycles. The molecule has 4 nitrogen and oxygen atoms in total. The molecule has 1 aromatic carbocycles. The van der Waals surface area contributed by atoms with E-state index in [1.54, 1.807) is 6.20 Å². The lowest BCUT2D eigenvalue weighted by Crippen LogP contribution is -2.12. The van der Waals surface area contributed by atoms with Crippen molar-refractivity contribution < 1.29 is 0 Å². The van der Waals surface area contributed by atoms with Gasteiger partial charge in [-0.15, -0.1) is 0 Å². The third-order valence-electron chi connectivity index (χ3n) is 2.12. The second kappa shape index (κ2) is 4.94. The summed E-state index contributed by atoms with van der Waals surface area (Å²) < 4.78 is 0.471. The fourth-order valence-corrected chi connectivity index (χ4v) is 1.63. The Morgan fingerprint density at radius 3 is 2.81 bits per heavy atom. The van der Waals surface area contributed by atoms with E-state index < -0.39 is 0 Å². The first-order valence-corrected chi connectivity index (χ1v) is 5.57.